The number of halogens is 1. The molecule has 31 heavy (non-hydrogen) atoms. The molecule has 4 nitrogen and oxygen atoms in total. The molecule has 0 spiro atoms. The Balaban J connectivity index is 2.40. The van der Waals surface area contributed by atoms with E-state index in [1.54, 1.807) is 6.07 Å². The van der Waals surface area contributed by atoms with Gasteiger partial charge in [0.2, 0.25) is 0 Å². The Morgan fingerprint density at radius 1 is 1.06 bits per heavy atom. The van der Waals surface area contributed by atoms with Crippen LogP contribution in [0.5, 0.6) is 5.75 Å². The first-order chi connectivity index (χ1) is 14.5. The average molecular weight is 447 g/mol. The molecule has 0 aliphatic heterocycles. The van der Waals surface area contributed by atoms with Gasteiger partial charge in [0.25, 0.3) is 0 Å². The van der Waals surface area contributed by atoms with Gasteiger partial charge in [0, 0.05) is 5.41 Å². The number of carbonyl (C=O) groups is 1. The van der Waals surface area contributed by atoms with Gasteiger partial charge in [-0.15, -0.1) is 0 Å². The molecule has 0 fully saturated rings. The molecular formula is C26H35ClO4. The summed E-state index contributed by atoms with van der Waals surface area (Å²) in [6, 6.07) is 11.8. The van der Waals surface area contributed by atoms with Crippen LogP contribution in [0.4, 0.5) is 0 Å². The summed E-state index contributed by atoms with van der Waals surface area (Å²) in [6.45, 7) is 12.6. The predicted octanol–water partition coefficient (Wildman–Crippen LogP) is 6.33. The zero-order valence-corrected chi connectivity index (χ0v) is 20.5. The zero-order valence-electron chi connectivity index (χ0n) is 19.7. The minimum absolute atomic E-state index is 0.233. The van der Waals surface area contributed by atoms with E-state index in [0.717, 1.165) is 29.7 Å². The standard InChI is InChI=1S/C26H35ClO4/c1-8-26(9-2,19-10-12-20(21(27)15-19)24(29)30-7)18-11-13-22(17(3)14-18)31-16-23(28)25(4,5)6/h10-15,23,28H,8-9,16H2,1-7H3. The minimum Gasteiger partial charge on any atom is -0.491 e. The van der Waals surface area contributed by atoms with E-state index in [1.807, 2.05) is 45.9 Å². The predicted molar refractivity (Wildman–Crippen MR) is 126 cm³/mol. The first-order valence-electron chi connectivity index (χ1n) is 10.8. The van der Waals surface area contributed by atoms with Gasteiger partial charge < -0.3 is 14.6 Å². The molecule has 1 unspecified atom stereocenters. The van der Waals surface area contributed by atoms with Crippen molar-refractivity contribution in [3.8, 4) is 5.75 Å². The van der Waals surface area contributed by atoms with Gasteiger partial charge in [0.1, 0.15) is 12.4 Å². The first-order valence-corrected chi connectivity index (χ1v) is 11.2. The summed E-state index contributed by atoms with van der Waals surface area (Å²) in [5, 5.41) is 10.7. The highest BCUT2D eigenvalue weighted by atomic mass is 35.5. The summed E-state index contributed by atoms with van der Waals surface area (Å²) in [6.07, 6.45) is 1.20. The average Bonchev–Trinajstić information content (AvgIpc) is 2.73. The Morgan fingerprint density at radius 2 is 1.65 bits per heavy atom. The summed E-state index contributed by atoms with van der Waals surface area (Å²) in [5.41, 5.74) is 3.13. The second-order valence-corrected chi connectivity index (χ2v) is 9.56. The number of aryl methyl sites for hydroxylation is 1. The Morgan fingerprint density at radius 3 is 2.13 bits per heavy atom. The normalized spacial score (nSPS) is 13.1. The number of rotatable bonds is 8. The van der Waals surface area contributed by atoms with E-state index in [9.17, 15) is 9.90 Å². The van der Waals surface area contributed by atoms with Crippen LogP contribution in [0, 0.1) is 12.3 Å². The Bertz CT molecular complexity index is 910. The molecule has 0 aliphatic carbocycles. The van der Waals surface area contributed by atoms with Gasteiger partial charge in [0.05, 0.1) is 23.8 Å². The van der Waals surface area contributed by atoms with E-state index >= 15 is 0 Å². The fourth-order valence-electron chi connectivity index (χ4n) is 3.85. The molecule has 2 aromatic carbocycles. The third kappa shape index (κ3) is 5.42. The number of ether oxygens (including phenoxy) is 2. The van der Waals surface area contributed by atoms with Gasteiger partial charge in [-0.05, 0) is 60.1 Å². The molecule has 0 amide bonds. The van der Waals surface area contributed by atoms with E-state index in [0.29, 0.717) is 10.6 Å². The Hall–Kier alpha value is -2.04. The minimum atomic E-state index is -0.549. The lowest BCUT2D eigenvalue weighted by molar-refractivity contribution is 0.0216. The number of hydrogen-bond acceptors (Lipinski definition) is 4. The molecule has 5 heteroatoms. The van der Waals surface area contributed by atoms with Crippen LogP contribution >= 0.6 is 11.6 Å². The van der Waals surface area contributed by atoms with Crippen LogP contribution in [0.2, 0.25) is 5.02 Å². The molecule has 0 saturated heterocycles. The molecule has 0 aliphatic rings. The van der Waals surface area contributed by atoms with E-state index in [-0.39, 0.29) is 17.4 Å². The van der Waals surface area contributed by atoms with Crippen molar-refractivity contribution in [2.75, 3.05) is 13.7 Å². The van der Waals surface area contributed by atoms with Crippen molar-refractivity contribution in [2.24, 2.45) is 5.41 Å². The van der Waals surface area contributed by atoms with Crippen molar-refractivity contribution in [2.45, 2.75) is 65.9 Å². The maximum Gasteiger partial charge on any atom is 0.339 e. The van der Waals surface area contributed by atoms with Crippen LogP contribution in [0.3, 0.4) is 0 Å². The lowest BCUT2D eigenvalue weighted by Gasteiger charge is -2.34. The number of aliphatic hydroxyl groups excluding tert-OH is 1. The van der Waals surface area contributed by atoms with Crippen molar-refractivity contribution < 1.29 is 19.4 Å². The van der Waals surface area contributed by atoms with Gasteiger partial charge in [-0.3, -0.25) is 0 Å². The zero-order chi connectivity index (χ0) is 23.4. The third-order valence-corrected chi connectivity index (χ3v) is 6.57. The molecule has 2 rings (SSSR count). The lowest BCUT2D eigenvalue weighted by atomic mass is 9.70. The molecule has 170 valence electrons. The first kappa shape index (κ1) is 25.2. The molecule has 2 aromatic rings. The topological polar surface area (TPSA) is 55.8 Å². The highest BCUT2D eigenvalue weighted by Gasteiger charge is 2.32. The maximum absolute atomic E-state index is 11.9. The third-order valence-electron chi connectivity index (χ3n) is 6.26. The van der Waals surface area contributed by atoms with Crippen LogP contribution < -0.4 is 4.74 Å². The number of hydrogen-bond donors (Lipinski definition) is 1. The molecule has 0 bridgehead atoms. The van der Waals surface area contributed by atoms with Gasteiger partial charge >= 0.3 is 5.97 Å². The van der Waals surface area contributed by atoms with Crippen molar-refractivity contribution >= 4 is 17.6 Å². The highest BCUT2D eigenvalue weighted by Crippen LogP contribution is 2.41. The highest BCUT2D eigenvalue weighted by molar-refractivity contribution is 6.33. The molecule has 0 aromatic heterocycles. The van der Waals surface area contributed by atoms with E-state index < -0.39 is 12.1 Å². The van der Waals surface area contributed by atoms with Gasteiger partial charge in [0.15, 0.2) is 0 Å². The summed E-state index contributed by atoms with van der Waals surface area (Å²) in [4.78, 5) is 11.9. The smallest absolute Gasteiger partial charge is 0.339 e. The number of methoxy groups -OCH3 is 1. The molecule has 0 heterocycles. The monoisotopic (exact) mass is 446 g/mol. The number of aliphatic hydroxyl groups is 1. The van der Waals surface area contributed by atoms with E-state index in [4.69, 9.17) is 21.1 Å². The quantitative estimate of drug-likeness (QED) is 0.481. The Labute approximate surface area is 191 Å². The van der Waals surface area contributed by atoms with Gasteiger partial charge in [-0.1, -0.05) is 64.4 Å². The van der Waals surface area contributed by atoms with Crippen molar-refractivity contribution in [3.63, 3.8) is 0 Å². The SMILES string of the molecule is CCC(CC)(c1ccc(OCC(O)C(C)(C)C)c(C)c1)c1ccc(C(=O)OC)c(Cl)c1. The molecule has 1 N–H and O–H groups in total. The van der Waals surface area contributed by atoms with Gasteiger partial charge in [-0.25, -0.2) is 4.79 Å². The molecular weight excluding hydrogens is 412 g/mol. The summed E-state index contributed by atoms with van der Waals surface area (Å²) >= 11 is 6.43. The Kier molecular flexibility index (Phi) is 8.18. The molecule has 0 saturated carbocycles. The van der Waals surface area contributed by atoms with Crippen LogP contribution in [0.25, 0.3) is 0 Å². The molecule has 1 atom stereocenters. The van der Waals surface area contributed by atoms with Crippen LogP contribution in [-0.4, -0.2) is 30.9 Å². The van der Waals surface area contributed by atoms with E-state index in [1.165, 1.54) is 12.7 Å². The fraction of sp³-hybridized carbons (Fsp3) is 0.500. The lowest BCUT2D eigenvalue weighted by Crippen LogP contribution is -2.32. The molecule has 0 radical (unpaired) electrons. The number of esters is 1. The second kappa shape index (κ2) is 10.1. The number of carbonyl (C=O) groups excluding carboxylic acids is 1. The summed E-state index contributed by atoms with van der Waals surface area (Å²) in [5.74, 6) is 0.331. The van der Waals surface area contributed by atoms with Crippen molar-refractivity contribution in [1.29, 1.82) is 0 Å². The summed E-state index contributed by atoms with van der Waals surface area (Å²) in [7, 11) is 1.35. The fourth-order valence-corrected chi connectivity index (χ4v) is 4.11. The van der Waals surface area contributed by atoms with E-state index in [2.05, 4.69) is 26.0 Å². The second-order valence-electron chi connectivity index (χ2n) is 9.15. The van der Waals surface area contributed by atoms with Crippen molar-refractivity contribution in [3.05, 3.63) is 63.7 Å². The van der Waals surface area contributed by atoms with Gasteiger partial charge in [-0.2, -0.15) is 0 Å². The van der Waals surface area contributed by atoms with Crippen LogP contribution in [-0.2, 0) is 10.2 Å². The van der Waals surface area contributed by atoms with Crippen molar-refractivity contribution in [1.82, 2.24) is 0 Å². The summed E-state index contributed by atoms with van der Waals surface area (Å²) < 4.78 is 10.7. The maximum atomic E-state index is 11.9. The van der Waals surface area contributed by atoms with Crippen LogP contribution in [0.1, 0.15) is 74.5 Å². The van der Waals surface area contributed by atoms with Crippen LogP contribution in [0.15, 0.2) is 36.4 Å². The largest absolute Gasteiger partial charge is 0.491 e. The number of benzene rings is 2.